The quantitative estimate of drug-likeness (QED) is 0.513. The smallest absolute Gasteiger partial charge is 0.0720 e. The number of thioether (sulfide) groups is 1. The lowest BCUT2D eigenvalue weighted by atomic mass is 10.0. The second-order valence-corrected chi connectivity index (χ2v) is 6.65. The maximum atomic E-state index is 5.99. The zero-order valence-corrected chi connectivity index (χ0v) is 14.8. The molecule has 1 nitrogen and oxygen atoms in total. The average Bonchev–Trinajstić information content (AvgIpc) is 2.62. The van der Waals surface area contributed by atoms with Crippen molar-refractivity contribution in [2.24, 2.45) is 0 Å². The molecule has 0 amide bonds. The van der Waals surface area contributed by atoms with Gasteiger partial charge in [-0.1, -0.05) is 48.9 Å². The molecule has 1 heterocycles. The lowest BCUT2D eigenvalue weighted by molar-refractivity contribution is 1.14. The zero-order chi connectivity index (χ0) is 16.2. The number of benzene rings is 2. The van der Waals surface area contributed by atoms with Crippen LogP contribution in [0.25, 0.3) is 22.5 Å². The third-order valence-corrected chi connectivity index (χ3v) is 4.76. The normalized spacial score (nSPS) is 10.7. The number of pyridine rings is 1. The van der Waals surface area contributed by atoms with Gasteiger partial charge in [0.25, 0.3) is 0 Å². The van der Waals surface area contributed by atoms with Crippen LogP contribution in [0.1, 0.15) is 12.5 Å². The molecule has 0 fully saturated rings. The van der Waals surface area contributed by atoms with Crippen LogP contribution in [-0.4, -0.2) is 11.2 Å². The molecule has 0 saturated heterocycles. The van der Waals surface area contributed by atoms with E-state index in [1.165, 1.54) is 10.5 Å². The lowest BCUT2D eigenvalue weighted by Gasteiger charge is -2.09. The second-order valence-electron chi connectivity index (χ2n) is 5.34. The van der Waals surface area contributed by atoms with Crippen LogP contribution >= 0.6 is 23.4 Å². The van der Waals surface area contributed by atoms with Crippen LogP contribution in [0.3, 0.4) is 0 Å². The van der Waals surface area contributed by atoms with Crippen LogP contribution in [0.2, 0.25) is 5.02 Å². The second kappa shape index (κ2) is 7.20. The Morgan fingerprint density at radius 3 is 2.26 bits per heavy atom. The molecule has 3 rings (SSSR count). The molecule has 0 bridgehead atoms. The lowest BCUT2D eigenvalue weighted by Crippen LogP contribution is -1.91. The molecule has 0 unspecified atom stereocenters. The summed E-state index contributed by atoms with van der Waals surface area (Å²) in [5.74, 6) is 0. The maximum absolute atomic E-state index is 5.99. The summed E-state index contributed by atoms with van der Waals surface area (Å²) in [7, 11) is 0. The number of halogens is 1. The van der Waals surface area contributed by atoms with Gasteiger partial charge in [0.2, 0.25) is 0 Å². The first-order chi connectivity index (χ1) is 11.2. The van der Waals surface area contributed by atoms with Crippen molar-refractivity contribution in [3.63, 3.8) is 0 Å². The van der Waals surface area contributed by atoms with E-state index in [-0.39, 0.29) is 0 Å². The first kappa shape index (κ1) is 16.1. The van der Waals surface area contributed by atoms with E-state index >= 15 is 0 Å². The Balaban J connectivity index is 2.10. The first-order valence-corrected chi connectivity index (χ1v) is 9.21. The van der Waals surface area contributed by atoms with Gasteiger partial charge in [0.15, 0.2) is 0 Å². The van der Waals surface area contributed by atoms with Gasteiger partial charge in [0.05, 0.1) is 11.4 Å². The molecule has 3 aromatic rings. The summed E-state index contributed by atoms with van der Waals surface area (Å²) in [4.78, 5) is 6.08. The Bertz CT molecular complexity index is 812. The highest BCUT2D eigenvalue weighted by molar-refractivity contribution is 7.98. The van der Waals surface area contributed by atoms with Crippen molar-refractivity contribution in [2.45, 2.75) is 18.2 Å². The fourth-order valence-corrected chi connectivity index (χ4v) is 3.08. The summed E-state index contributed by atoms with van der Waals surface area (Å²) >= 11 is 7.73. The highest BCUT2D eigenvalue weighted by Crippen LogP contribution is 2.29. The standard InChI is InChI=1S/C20H18ClNS/c1-3-14-5-4-6-16(11-14)20-13-18(23-2)12-19(22-20)15-7-9-17(21)10-8-15/h4-13H,3H2,1-2H3. The molecule has 3 heteroatoms. The van der Waals surface area contributed by atoms with Crippen LogP contribution in [0, 0.1) is 0 Å². The van der Waals surface area contributed by atoms with Crippen LogP contribution in [-0.2, 0) is 6.42 Å². The monoisotopic (exact) mass is 339 g/mol. The van der Waals surface area contributed by atoms with Crippen molar-refractivity contribution in [2.75, 3.05) is 6.26 Å². The zero-order valence-electron chi connectivity index (χ0n) is 13.2. The highest BCUT2D eigenvalue weighted by atomic mass is 35.5. The van der Waals surface area contributed by atoms with E-state index in [0.717, 1.165) is 34.0 Å². The minimum atomic E-state index is 0.741. The minimum absolute atomic E-state index is 0.741. The number of rotatable bonds is 4. The van der Waals surface area contributed by atoms with Gasteiger partial charge in [0, 0.05) is 21.0 Å². The molecule has 0 aliphatic heterocycles. The molecule has 0 N–H and O–H groups in total. The van der Waals surface area contributed by atoms with Crippen molar-refractivity contribution >= 4 is 23.4 Å². The SMILES string of the molecule is CCc1cccc(-c2cc(SC)cc(-c3ccc(Cl)cc3)n2)c1. The molecular weight excluding hydrogens is 322 g/mol. The van der Waals surface area contributed by atoms with Gasteiger partial charge < -0.3 is 0 Å². The van der Waals surface area contributed by atoms with Gasteiger partial charge >= 0.3 is 0 Å². The summed E-state index contributed by atoms with van der Waals surface area (Å²) in [6.07, 6.45) is 3.12. The molecule has 1 aromatic heterocycles. The number of nitrogens with zero attached hydrogens (tertiary/aromatic N) is 1. The van der Waals surface area contributed by atoms with E-state index in [1.807, 2.05) is 24.3 Å². The van der Waals surface area contributed by atoms with E-state index in [1.54, 1.807) is 11.8 Å². The van der Waals surface area contributed by atoms with Crippen molar-refractivity contribution < 1.29 is 0 Å². The molecule has 0 spiro atoms. The molecule has 0 aliphatic carbocycles. The third kappa shape index (κ3) is 3.77. The molecule has 116 valence electrons. The van der Waals surface area contributed by atoms with Gasteiger partial charge in [-0.25, -0.2) is 4.98 Å². The Kier molecular flexibility index (Phi) is 5.04. The fraction of sp³-hybridized carbons (Fsp3) is 0.150. The number of hydrogen-bond donors (Lipinski definition) is 0. The molecule has 23 heavy (non-hydrogen) atoms. The summed E-state index contributed by atoms with van der Waals surface area (Å²) in [5, 5.41) is 0.741. The first-order valence-electron chi connectivity index (χ1n) is 7.61. The average molecular weight is 340 g/mol. The summed E-state index contributed by atoms with van der Waals surface area (Å²) in [5.41, 5.74) is 5.56. The van der Waals surface area contributed by atoms with E-state index in [9.17, 15) is 0 Å². The number of aryl methyl sites for hydroxylation is 1. The van der Waals surface area contributed by atoms with Crippen molar-refractivity contribution in [3.8, 4) is 22.5 Å². The van der Waals surface area contributed by atoms with Crippen molar-refractivity contribution in [1.29, 1.82) is 0 Å². The van der Waals surface area contributed by atoms with E-state index in [2.05, 4.69) is 49.6 Å². The summed E-state index contributed by atoms with van der Waals surface area (Å²) < 4.78 is 0. The fourth-order valence-electron chi connectivity index (χ4n) is 2.49. The Labute approximate surface area is 146 Å². The van der Waals surface area contributed by atoms with Crippen LogP contribution in [0.4, 0.5) is 0 Å². The third-order valence-electron chi connectivity index (χ3n) is 3.81. The molecule has 0 radical (unpaired) electrons. The van der Waals surface area contributed by atoms with Gasteiger partial charge in [-0.15, -0.1) is 11.8 Å². The van der Waals surface area contributed by atoms with Crippen molar-refractivity contribution in [1.82, 2.24) is 4.98 Å². The van der Waals surface area contributed by atoms with Gasteiger partial charge in [0.1, 0.15) is 0 Å². The summed E-state index contributed by atoms with van der Waals surface area (Å²) in [6, 6.07) is 20.7. The number of aromatic nitrogens is 1. The Morgan fingerprint density at radius 1 is 0.913 bits per heavy atom. The summed E-state index contributed by atoms with van der Waals surface area (Å²) in [6.45, 7) is 2.17. The van der Waals surface area contributed by atoms with Gasteiger partial charge in [-0.3, -0.25) is 0 Å². The predicted octanol–water partition coefficient (Wildman–Crippen LogP) is 6.35. The van der Waals surface area contributed by atoms with Crippen LogP contribution in [0.5, 0.6) is 0 Å². The number of hydrogen-bond acceptors (Lipinski definition) is 2. The maximum Gasteiger partial charge on any atom is 0.0720 e. The van der Waals surface area contributed by atoms with Crippen LogP contribution in [0.15, 0.2) is 65.6 Å². The van der Waals surface area contributed by atoms with Gasteiger partial charge in [-0.2, -0.15) is 0 Å². The molecule has 0 aliphatic rings. The van der Waals surface area contributed by atoms with Crippen LogP contribution < -0.4 is 0 Å². The molecule has 2 aromatic carbocycles. The predicted molar refractivity (Wildman–Crippen MR) is 101 cm³/mol. The minimum Gasteiger partial charge on any atom is -0.248 e. The Hall–Kier alpha value is -1.77. The van der Waals surface area contributed by atoms with E-state index < -0.39 is 0 Å². The molecule has 0 saturated carbocycles. The van der Waals surface area contributed by atoms with Crippen molar-refractivity contribution in [3.05, 3.63) is 71.2 Å². The molecular formula is C20H18ClNS. The van der Waals surface area contributed by atoms with E-state index in [0.29, 0.717) is 0 Å². The highest BCUT2D eigenvalue weighted by Gasteiger charge is 2.07. The van der Waals surface area contributed by atoms with Gasteiger partial charge in [-0.05, 0) is 48.6 Å². The molecule has 0 atom stereocenters. The van der Waals surface area contributed by atoms with E-state index in [4.69, 9.17) is 16.6 Å². The largest absolute Gasteiger partial charge is 0.248 e. The topological polar surface area (TPSA) is 12.9 Å². The Morgan fingerprint density at radius 2 is 1.61 bits per heavy atom.